The first-order chi connectivity index (χ1) is 6.63. The number of benzene rings is 1. The van der Waals surface area contributed by atoms with Gasteiger partial charge in [-0.2, -0.15) is 4.21 Å². The number of hydroxylamine groups is 1. The lowest BCUT2D eigenvalue weighted by Crippen LogP contribution is -2.18. The van der Waals surface area contributed by atoms with E-state index in [2.05, 4.69) is 4.28 Å². The highest BCUT2D eigenvalue weighted by Gasteiger charge is 2.04. The Morgan fingerprint density at radius 3 is 2.43 bits per heavy atom. The molecule has 1 aromatic rings. The lowest BCUT2D eigenvalue weighted by Gasteiger charge is -2.14. The van der Waals surface area contributed by atoms with Gasteiger partial charge in [0.2, 0.25) is 0 Å². The summed E-state index contributed by atoms with van der Waals surface area (Å²) in [4.78, 5) is 10.3. The Bertz CT molecular complexity index is 338. The van der Waals surface area contributed by atoms with Crippen LogP contribution in [0.1, 0.15) is 10.4 Å². The lowest BCUT2D eigenvalue weighted by molar-refractivity contribution is 0.112. The van der Waals surface area contributed by atoms with E-state index < -0.39 is 11.4 Å². The monoisotopic (exact) mass is 215 g/mol. The van der Waals surface area contributed by atoms with Crippen LogP contribution in [0.5, 0.6) is 0 Å². The Labute approximate surface area is 83.7 Å². The van der Waals surface area contributed by atoms with E-state index in [1.807, 2.05) is 0 Å². The molecule has 0 aliphatic carbocycles. The fourth-order valence-corrected chi connectivity index (χ4v) is 1.18. The van der Waals surface area contributed by atoms with E-state index >= 15 is 0 Å². The van der Waals surface area contributed by atoms with Crippen LogP contribution in [0.3, 0.4) is 0 Å². The van der Waals surface area contributed by atoms with Crippen molar-refractivity contribution in [2.75, 3.05) is 12.1 Å². The summed E-state index contributed by atoms with van der Waals surface area (Å²) < 4.78 is 23.2. The van der Waals surface area contributed by atoms with Crippen LogP contribution in [-0.2, 0) is 15.6 Å². The third kappa shape index (κ3) is 2.91. The molecular weight excluding hydrogens is 206 g/mol. The van der Waals surface area contributed by atoms with Crippen LogP contribution in [0.4, 0.5) is 5.69 Å². The number of carbonyl (C=O) groups is 1. The van der Waals surface area contributed by atoms with Gasteiger partial charge in [-0.15, -0.1) is 4.28 Å². The summed E-state index contributed by atoms with van der Waals surface area (Å²) in [6.45, 7) is 0. The van der Waals surface area contributed by atoms with Crippen molar-refractivity contribution in [3.63, 3.8) is 0 Å². The summed E-state index contributed by atoms with van der Waals surface area (Å²) in [6.07, 6.45) is 0.717. The molecule has 0 aliphatic rings. The van der Waals surface area contributed by atoms with Gasteiger partial charge in [0, 0.05) is 12.6 Å². The number of rotatable bonds is 4. The maximum absolute atomic E-state index is 10.3. The van der Waals surface area contributed by atoms with Crippen LogP contribution in [0.25, 0.3) is 0 Å². The van der Waals surface area contributed by atoms with Gasteiger partial charge in [-0.1, -0.05) is 0 Å². The first-order valence-corrected chi connectivity index (χ1v) is 4.75. The molecule has 1 aromatic carbocycles. The van der Waals surface area contributed by atoms with Crippen LogP contribution >= 0.6 is 0 Å². The first kappa shape index (κ1) is 10.8. The standard InChI is InChI=1S/C8H9NO4S/c1-9(13-14(11)12)8-4-2-7(6-10)3-5-8/h2-6H,1H3,(H,11,12). The fraction of sp³-hybridized carbons (Fsp3) is 0.125. The minimum absolute atomic E-state index is 0.535. The van der Waals surface area contributed by atoms with Gasteiger partial charge in [0.05, 0.1) is 5.69 Å². The molecule has 0 saturated carbocycles. The average Bonchev–Trinajstić information content (AvgIpc) is 2.17. The number of hydrogen-bond acceptors (Lipinski definition) is 4. The summed E-state index contributed by atoms with van der Waals surface area (Å²) in [6, 6.07) is 6.39. The molecule has 0 radical (unpaired) electrons. The van der Waals surface area contributed by atoms with Crippen molar-refractivity contribution in [1.29, 1.82) is 0 Å². The van der Waals surface area contributed by atoms with Crippen molar-refractivity contribution < 1.29 is 17.8 Å². The number of anilines is 1. The average molecular weight is 215 g/mol. The van der Waals surface area contributed by atoms with E-state index in [9.17, 15) is 9.00 Å². The van der Waals surface area contributed by atoms with Gasteiger partial charge in [-0.3, -0.25) is 9.35 Å². The first-order valence-electron chi connectivity index (χ1n) is 3.72. The molecule has 1 rings (SSSR count). The second-order valence-corrected chi connectivity index (χ2v) is 3.08. The Morgan fingerprint density at radius 2 is 2.00 bits per heavy atom. The van der Waals surface area contributed by atoms with Crippen LogP contribution in [0.15, 0.2) is 24.3 Å². The van der Waals surface area contributed by atoms with Gasteiger partial charge < -0.3 is 0 Å². The zero-order valence-electron chi connectivity index (χ0n) is 7.41. The smallest absolute Gasteiger partial charge is 0.298 e. The zero-order chi connectivity index (χ0) is 10.6. The topological polar surface area (TPSA) is 66.8 Å². The Kier molecular flexibility index (Phi) is 3.75. The summed E-state index contributed by atoms with van der Waals surface area (Å²) in [5.74, 6) is 0. The highest BCUT2D eigenvalue weighted by molar-refractivity contribution is 7.74. The highest BCUT2D eigenvalue weighted by Crippen LogP contribution is 2.13. The SMILES string of the molecule is CN(OS(=O)O)c1ccc(C=O)cc1. The van der Waals surface area contributed by atoms with Gasteiger partial charge >= 0.3 is 11.4 Å². The van der Waals surface area contributed by atoms with Gasteiger partial charge in [0.15, 0.2) is 0 Å². The largest absolute Gasteiger partial charge is 0.325 e. The molecule has 1 unspecified atom stereocenters. The molecule has 14 heavy (non-hydrogen) atoms. The molecule has 0 saturated heterocycles. The second kappa shape index (κ2) is 4.85. The van der Waals surface area contributed by atoms with E-state index in [0.717, 1.165) is 11.3 Å². The fourth-order valence-electron chi connectivity index (χ4n) is 0.901. The van der Waals surface area contributed by atoms with E-state index in [1.165, 1.54) is 7.05 Å². The van der Waals surface area contributed by atoms with Crippen molar-refractivity contribution in [3.8, 4) is 0 Å². The van der Waals surface area contributed by atoms with Crippen LogP contribution < -0.4 is 5.06 Å². The highest BCUT2D eigenvalue weighted by atomic mass is 32.2. The third-order valence-corrected chi connectivity index (χ3v) is 1.92. The van der Waals surface area contributed by atoms with Crippen LogP contribution in [-0.4, -0.2) is 22.1 Å². The third-order valence-electron chi connectivity index (χ3n) is 1.57. The molecule has 0 amide bonds. The van der Waals surface area contributed by atoms with Gasteiger partial charge in [0.25, 0.3) is 0 Å². The molecular formula is C8H9NO4S. The molecule has 0 aliphatic heterocycles. The molecule has 0 heterocycles. The van der Waals surface area contributed by atoms with Crippen molar-refractivity contribution >= 4 is 23.3 Å². The van der Waals surface area contributed by atoms with Crippen molar-refractivity contribution in [2.45, 2.75) is 0 Å². The predicted molar refractivity (Wildman–Crippen MR) is 52.1 cm³/mol. The molecule has 0 spiro atoms. The maximum Gasteiger partial charge on any atom is 0.325 e. The minimum atomic E-state index is -2.35. The van der Waals surface area contributed by atoms with E-state index in [0.29, 0.717) is 11.3 Å². The number of nitrogens with zero attached hydrogens (tertiary/aromatic N) is 1. The van der Waals surface area contributed by atoms with Crippen LogP contribution in [0, 0.1) is 0 Å². The van der Waals surface area contributed by atoms with Crippen molar-refractivity contribution in [3.05, 3.63) is 29.8 Å². The summed E-state index contributed by atoms with van der Waals surface area (Å²) >= 11 is -2.35. The zero-order valence-corrected chi connectivity index (χ0v) is 8.23. The normalized spacial score (nSPS) is 12.1. The Hall–Kier alpha value is -1.24. The molecule has 76 valence electrons. The van der Waals surface area contributed by atoms with Crippen LogP contribution in [0.2, 0.25) is 0 Å². The van der Waals surface area contributed by atoms with Gasteiger partial charge in [-0.05, 0) is 24.3 Å². The summed E-state index contributed by atoms with van der Waals surface area (Å²) in [7, 11) is 1.49. The quantitative estimate of drug-likeness (QED) is 0.461. The molecule has 0 aromatic heterocycles. The molecule has 5 nitrogen and oxygen atoms in total. The van der Waals surface area contributed by atoms with E-state index in [1.54, 1.807) is 24.3 Å². The van der Waals surface area contributed by atoms with Gasteiger partial charge in [0.1, 0.15) is 6.29 Å². The van der Waals surface area contributed by atoms with E-state index in [4.69, 9.17) is 4.55 Å². The maximum atomic E-state index is 10.3. The lowest BCUT2D eigenvalue weighted by atomic mass is 10.2. The Balaban J connectivity index is 2.75. The molecule has 1 atom stereocenters. The van der Waals surface area contributed by atoms with Crippen molar-refractivity contribution in [2.24, 2.45) is 0 Å². The molecule has 0 fully saturated rings. The molecule has 1 N–H and O–H groups in total. The minimum Gasteiger partial charge on any atom is -0.298 e. The number of aldehydes is 1. The second-order valence-electron chi connectivity index (χ2n) is 2.50. The Morgan fingerprint density at radius 1 is 1.43 bits per heavy atom. The number of carbonyl (C=O) groups excluding carboxylic acids is 1. The molecule has 6 heteroatoms. The predicted octanol–water partition coefficient (Wildman–Crippen LogP) is 1.00. The van der Waals surface area contributed by atoms with Crippen molar-refractivity contribution in [1.82, 2.24) is 0 Å². The van der Waals surface area contributed by atoms with E-state index in [-0.39, 0.29) is 0 Å². The van der Waals surface area contributed by atoms with Gasteiger partial charge in [-0.25, -0.2) is 5.06 Å². The summed E-state index contributed by atoms with van der Waals surface area (Å²) in [5, 5.41) is 1.14. The number of hydrogen-bond donors (Lipinski definition) is 1. The summed E-state index contributed by atoms with van der Waals surface area (Å²) in [5.41, 5.74) is 1.12. The molecule has 0 bridgehead atoms.